The number of carbonyl (C=O) groups excluding carboxylic acids is 1. The summed E-state index contributed by atoms with van der Waals surface area (Å²) in [7, 11) is 0. The van der Waals surface area contributed by atoms with Crippen LogP contribution in [0.4, 0.5) is 15.9 Å². The van der Waals surface area contributed by atoms with Crippen LogP contribution in [0.3, 0.4) is 0 Å². The van der Waals surface area contributed by atoms with Gasteiger partial charge < -0.3 is 9.80 Å². The Balaban J connectivity index is 1.59. The Kier molecular flexibility index (Phi) is 5.40. The summed E-state index contributed by atoms with van der Waals surface area (Å²) in [4.78, 5) is 30.7. The van der Waals surface area contributed by atoms with Crippen LogP contribution in [0, 0.1) is 15.9 Å². The van der Waals surface area contributed by atoms with E-state index in [1.54, 1.807) is 23.1 Å². The van der Waals surface area contributed by atoms with Crippen molar-refractivity contribution in [3.63, 3.8) is 0 Å². The van der Waals surface area contributed by atoms with Crippen molar-refractivity contribution in [2.24, 2.45) is 0 Å². The maximum absolute atomic E-state index is 13.0. The molecule has 1 aromatic carbocycles. The van der Waals surface area contributed by atoms with E-state index in [2.05, 4.69) is 4.98 Å². The molecule has 26 heavy (non-hydrogen) atoms. The molecule has 3 rings (SSSR count). The second-order valence-corrected chi connectivity index (χ2v) is 6.16. The van der Waals surface area contributed by atoms with Crippen LogP contribution in [0.1, 0.15) is 12.0 Å². The molecule has 0 radical (unpaired) electrons. The molecule has 1 fully saturated rings. The molecule has 0 N–H and O–H groups in total. The number of hydrogen-bond acceptors (Lipinski definition) is 5. The number of anilines is 1. The highest BCUT2D eigenvalue weighted by molar-refractivity contribution is 5.78. The van der Waals surface area contributed by atoms with E-state index in [-0.39, 0.29) is 23.8 Å². The highest BCUT2D eigenvalue weighted by atomic mass is 19.1. The van der Waals surface area contributed by atoms with Gasteiger partial charge in [-0.2, -0.15) is 0 Å². The summed E-state index contributed by atoms with van der Waals surface area (Å²) in [5, 5.41) is 10.7. The normalized spacial score (nSPS) is 14.8. The summed E-state index contributed by atoms with van der Waals surface area (Å²) in [6.45, 7) is 2.54. The predicted molar refractivity (Wildman–Crippen MR) is 94.4 cm³/mol. The average Bonchev–Trinajstić information content (AvgIpc) is 2.90. The summed E-state index contributed by atoms with van der Waals surface area (Å²) < 4.78 is 13.0. The SMILES string of the molecule is O=C(Cc1ccc(F)cc1)N1CCCN(c2ccc([N+](=O)[O-])cn2)CC1. The number of hydrogen-bond donors (Lipinski definition) is 0. The van der Waals surface area contributed by atoms with Crippen LogP contribution in [0.5, 0.6) is 0 Å². The first kappa shape index (κ1) is 17.8. The predicted octanol–water partition coefficient (Wildman–Crippen LogP) is 2.41. The number of amides is 1. The van der Waals surface area contributed by atoms with Gasteiger partial charge in [0.15, 0.2) is 0 Å². The third-order valence-electron chi connectivity index (χ3n) is 4.38. The quantitative estimate of drug-likeness (QED) is 0.619. The van der Waals surface area contributed by atoms with E-state index in [0.29, 0.717) is 25.5 Å². The highest BCUT2D eigenvalue weighted by Crippen LogP contribution is 2.18. The van der Waals surface area contributed by atoms with Gasteiger partial charge in [-0.15, -0.1) is 0 Å². The molecule has 0 atom stereocenters. The Morgan fingerprint density at radius 3 is 2.54 bits per heavy atom. The molecule has 0 unspecified atom stereocenters. The van der Waals surface area contributed by atoms with Crippen LogP contribution >= 0.6 is 0 Å². The number of carbonyl (C=O) groups is 1. The van der Waals surface area contributed by atoms with Crippen molar-refractivity contribution < 1.29 is 14.1 Å². The molecule has 1 saturated heterocycles. The number of nitrogens with zero attached hydrogens (tertiary/aromatic N) is 4. The Bertz CT molecular complexity index is 780. The smallest absolute Gasteiger partial charge is 0.287 e. The van der Waals surface area contributed by atoms with E-state index in [9.17, 15) is 19.3 Å². The largest absolute Gasteiger partial charge is 0.355 e. The lowest BCUT2D eigenvalue weighted by molar-refractivity contribution is -0.385. The first-order chi connectivity index (χ1) is 12.5. The maximum atomic E-state index is 13.0. The number of benzene rings is 1. The van der Waals surface area contributed by atoms with Crippen LogP contribution < -0.4 is 4.90 Å². The fourth-order valence-corrected chi connectivity index (χ4v) is 2.96. The van der Waals surface area contributed by atoms with Gasteiger partial charge in [-0.05, 0) is 30.2 Å². The Morgan fingerprint density at radius 1 is 1.12 bits per heavy atom. The van der Waals surface area contributed by atoms with Crippen molar-refractivity contribution >= 4 is 17.4 Å². The summed E-state index contributed by atoms with van der Waals surface area (Å²) in [6.07, 6.45) is 2.28. The molecular formula is C18H19FN4O3. The van der Waals surface area contributed by atoms with Crippen molar-refractivity contribution in [3.8, 4) is 0 Å². The van der Waals surface area contributed by atoms with Crippen LogP contribution in [0.15, 0.2) is 42.6 Å². The fraction of sp³-hybridized carbons (Fsp3) is 0.333. The van der Waals surface area contributed by atoms with E-state index in [1.165, 1.54) is 24.4 Å². The lowest BCUT2D eigenvalue weighted by Gasteiger charge is -2.22. The van der Waals surface area contributed by atoms with Crippen LogP contribution in [-0.4, -0.2) is 46.9 Å². The fourth-order valence-electron chi connectivity index (χ4n) is 2.96. The molecule has 8 heteroatoms. The summed E-state index contributed by atoms with van der Waals surface area (Å²) >= 11 is 0. The third kappa shape index (κ3) is 4.33. The van der Waals surface area contributed by atoms with Crippen molar-refractivity contribution in [3.05, 3.63) is 64.1 Å². The standard InChI is InChI=1S/C18H19FN4O3/c19-15-4-2-14(3-5-15)12-18(24)22-9-1-8-21(10-11-22)17-7-6-16(13-20-17)23(25)26/h2-7,13H,1,8-12H2. The molecule has 7 nitrogen and oxygen atoms in total. The first-order valence-electron chi connectivity index (χ1n) is 8.40. The Labute approximate surface area is 150 Å². The number of aromatic nitrogens is 1. The third-order valence-corrected chi connectivity index (χ3v) is 4.38. The van der Waals surface area contributed by atoms with Crippen LogP contribution in [-0.2, 0) is 11.2 Å². The minimum atomic E-state index is -0.477. The lowest BCUT2D eigenvalue weighted by atomic mass is 10.1. The molecule has 1 aromatic heterocycles. The van der Waals surface area contributed by atoms with Gasteiger partial charge in [-0.25, -0.2) is 9.37 Å². The minimum absolute atomic E-state index is 0.00937. The molecule has 0 aliphatic carbocycles. The number of pyridine rings is 1. The number of nitro groups is 1. The van der Waals surface area contributed by atoms with Gasteiger partial charge in [0, 0.05) is 32.2 Å². The molecule has 0 bridgehead atoms. The first-order valence-corrected chi connectivity index (χ1v) is 8.40. The average molecular weight is 358 g/mol. The molecule has 1 amide bonds. The van der Waals surface area contributed by atoms with Crippen molar-refractivity contribution in [2.45, 2.75) is 12.8 Å². The van der Waals surface area contributed by atoms with E-state index < -0.39 is 4.92 Å². The van der Waals surface area contributed by atoms with Crippen molar-refractivity contribution in [2.75, 3.05) is 31.1 Å². The second-order valence-electron chi connectivity index (χ2n) is 6.16. The monoisotopic (exact) mass is 358 g/mol. The lowest BCUT2D eigenvalue weighted by Crippen LogP contribution is -2.36. The van der Waals surface area contributed by atoms with E-state index >= 15 is 0 Å². The van der Waals surface area contributed by atoms with Gasteiger partial charge in [0.1, 0.15) is 17.8 Å². The van der Waals surface area contributed by atoms with Crippen LogP contribution in [0.2, 0.25) is 0 Å². The van der Waals surface area contributed by atoms with Gasteiger partial charge in [0.25, 0.3) is 5.69 Å². The molecular weight excluding hydrogens is 339 g/mol. The topological polar surface area (TPSA) is 79.6 Å². The molecule has 2 heterocycles. The zero-order valence-corrected chi connectivity index (χ0v) is 14.2. The maximum Gasteiger partial charge on any atom is 0.287 e. The molecule has 136 valence electrons. The molecule has 0 spiro atoms. The summed E-state index contributed by atoms with van der Waals surface area (Å²) in [5.41, 5.74) is 0.745. The van der Waals surface area contributed by atoms with Gasteiger partial charge in [0.05, 0.1) is 11.3 Å². The Morgan fingerprint density at radius 2 is 1.88 bits per heavy atom. The zero-order valence-electron chi connectivity index (χ0n) is 14.2. The second kappa shape index (κ2) is 7.90. The zero-order chi connectivity index (χ0) is 18.5. The van der Waals surface area contributed by atoms with Gasteiger partial charge >= 0.3 is 0 Å². The summed E-state index contributed by atoms with van der Waals surface area (Å²) in [6, 6.07) is 9.02. The molecule has 1 aliphatic rings. The highest BCUT2D eigenvalue weighted by Gasteiger charge is 2.20. The van der Waals surface area contributed by atoms with Gasteiger partial charge in [-0.1, -0.05) is 12.1 Å². The van der Waals surface area contributed by atoms with Crippen LogP contribution in [0.25, 0.3) is 0 Å². The van der Waals surface area contributed by atoms with Crippen molar-refractivity contribution in [1.29, 1.82) is 0 Å². The Hall–Kier alpha value is -3.03. The molecule has 2 aromatic rings. The number of halogens is 1. The van der Waals surface area contributed by atoms with E-state index in [1.807, 2.05) is 4.90 Å². The minimum Gasteiger partial charge on any atom is -0.355 e. The molecule has 0 saturated carbocycles. The van der Waals surface area contributed by atoms with E-state index in [4.69, 9.17) is 0 Å². The number of rotatable bonds is 4. The van der Waals surface area contributed by atoms with E-state index in [0.717, 1.165) is 18.5 Å². The van der Waals surface area contributed by atoms with Crippen molar-refractivity contribution in [1.82, 2.24) is 9.88 Å². The van der Waals surface area contributed by atoms with Gasteiger partial charge in [-0.3, -0.25) is 14.9 Å². The summed E-state index contributed by atoms with van der Waals surface area (Å²) in [5.74, 6) is 0.362. The molecule has 1 aliphatic heterocycles. The van der Waals surface area contributed by atoms with Gasteiger partial charge in [0.2, 0.25) is 5.91 Å².